The number of nitrogens with one attached hydrogen (secondary N) is 1. The molecule has 0 aliphatic carbocycles. The molecule has 5 rings (SSSR count). The van der Waals surface area contributed by atoms with Crippen molar-refractivity contribution in [1.29, 1.82) is 0 Å². The van der Waals surface area contributed by atoms with Crippen LogP contribution in [0.15, 0.2) is 79.4 Å². The normalized spacial score (nSPS) is 14.3. The summed E-state index contributed by atoms with van der Waals surface area (Å²) in [5, 5.41) is 0. The Hall–Kier alpha value is -3.60. The largest absolute Gasteiger partial charge is 0.359 e. The molecule has 0 unspecified atom stereocenters. The van der Waals surface area contributed by atoms with Crippen molar-refractivity contribution in [3.05, 3.63) is 90.5 Å². The van der Waals surface area contributed by atoms with E-state index in [-0.39, 0.29) is 5.91 Å². The highest BCUT2D eigenvalue weighted by atomic mass is 16.2. The Kier molecular flexibility index (Phi) is 4.05. The number of aromatic amines is 1. The van der Waals surface area contributed by atoms with Crippen molar-refractivity contribution in [3.8, 4) is 5.69 Å². The molecule has 4 aromatic rings. The summed E-state index contributed by atoms with van der Waals surface area (Å²) in [6.07, 6.45) is 10.8. The van der Waals surface area contributed by atoms with Gasteiger partial charge in [0.15, 0.2) is 0 Å². The first kappa shape index (κ1) is 16.6. The third kappa shape index (κ3) is 2.91. The van der Waals surface area contributed by atoms with Gasteiger partial charge in [-0.3, -0.25) is 9.78 Å². The van der Waals surface area contributed by atoms with Crippen LogP contribution in [0.3, 0.4) is 0 Å². The van der Waals surface area contributed by atoms with Crippen LogP contribution in [0.25, 0.3) is 22.3 Å². The molecule has 0 saturated heterocycles. The van der Waals surface area contributed by atoms with Crippen LogP contribution in [0.4, 0.5) is 0 Å². The highest BCUT2D eigenvalue weighted by molar-refractivity contribution is 5.95. The minimum absolute atomic E-state index is 0.0754. The number of carbonyl (C=O) groups is 1. The van der Waals surface area contributed by atoms with E-state index in [1.54, 1.807) is 0 Å². The minimum atomic E-state index is 0.0754. The molecule has 1 aromatic carbocycles. The lowest BCUT2D eigenvalue weighted by Gasteiger charge is -2.26. The van der Waals surface area contributed by atoms with Crippen LogP contribution in [0, 0.1) is 0 Å². The van der Waals surface area contributed by atoms with Crippen molar-refractivity contribution in [2.45, 2.75) is 6.42 Å². The third-order valence-electron chi connectivity index (χ3n) is 5.29. The molecule has 0 atom stereocenters. The molecule has 5 nitrogen and oxygen atoms in total. The zero-order valence-corrected chi connectivity index (χ0v) is 15.4. The monoisotopic (exact) mass is 368 g/mol. The molecule has 5 heteroatoms. The molecular formula is C23H20N4O. The first-order valence-corrected chi connectivity index (χ1v) is 9.44. The summed E-state index contributed by atoms with van der Waals surface area (Å²) < 4.78 is 2.03. The fraction of sp³-hybridized carbons (Fsp3) is 0.130. The predicted molar refractivity (Wildman–Crippen MR) is 110 cm³/mol. The Bertz CT molecular complexity index is 1150. The summed E-state index contributed by atoms with van der Waals surface area (Å²) in [5.74, 6) is 0.0754. The summed E-state index contributed by atoms with van der Waals surface area (Å²) in [7, 11) is 0. The zero-order valence-electron chi connectivity index (χ0n) is 15.4. The van der Waals surface area contributed by atoms with Crippen LogP contribution in [-0.4, -0.2) is 38.4 Å². The molecule has 4 heterocycles. The number of pyridine rings is 1. The topological polar surface area (TPSA) is 53.9 Å². The molecule has 1 N–H and O–H groups in total. The minimum Gasteiger partial charge on any atom is -0.359 e. The second kappa shape index (κ2) is 6.85. The SMILES string of the molecule is O=C(c1ccc(-n2cccc2)cc1)N1CC=C(c2c[nH]c3cccnc23)CC1. The van der Waals surface area contributed by atoms with Crippen molar-refractivity contribution in [3.63, 3.8) is 0 Å². The van der Waals surface area contributed by atoms with Crippen molar-refractivity contribution in [1.82, 2.24) is 19.4 Å². The molecule has 28 heavy (non-hydrogen) atoms. The van der Waals surface area contributed by atoms with Gasteiger partial charge in [0.05, 0.1) is 11.0 Å². The van der Waals surface area contributed by atoms with E-state index in [1.165, 1.54) is 5.57 Å². The van der Waals surface area contributed by atoms with Gasteiger partial charge >= 0.3 is 0 Å². The number of amides is 1. The Morgan fingerprint density at radius 1 is 1.04 bits per heavy atom. The Balaban J connectivity index is 1.32. The maximum absolute atomic E-state index is 12.9. The van der Waals surface area contributed by atoms with Gasteiger partial charge in [0, 0.05) is 54.7 Å². The number of H-pyrrole nitrogens is 1. The molecule has 0 spiro atoms. The van der Waals surface area contributed by atoms with Gasteiger partial charge in [-0.15, -0.1) is 0 Å². The number of rotatable bonds is 3. The van der Waals surface area contributed by atoms with Gasteiger partial charge in [0.2, 0.25) is 0 Å². The standard InChI is InChI=1S/C23H20N4O/c28-23(18-5-7-19(8-6-18)26-12-1-2-13-26)27-14-9-17(10-15-27)20-16-25-21-4-3-11-24-22(20)21/h1-9,11-13,16,25H,10,14-15H2. The molecule has 1 amide bonds. The predicted octanol–water partition coefficient (Wildman–Crippen LogP) is 4.28. The van der Waals surface area contributed by atoms with E-state index in [1.807, 2.05) is 82.8 Å². The van der Waals surface area contributed by atoms with Crippen LogP contribution in [0.2, 0.25) is 0 Å². The van der Waals surface area contributed by atoms with Crippen LogP contribution in [-0.2, 0) is 0 Å². The summed E-state index contributed by atoms with van der Waals surface area (Å²) in [6, 6.07) is 15.7. The van der Waals surface area contributed by atoms with Gasteiger partial charge in [0.25, 0.3) is 5.91 Å². The summed E-state index contributed by atoms with van der Waals surface area (Å²) >= 11 is 0. The fourth-order valence-electron chi connectivity index (χ4n) is 3.76. The zero-order chi connectivity index (χ0) is 18.9. The summed E-state index contributed by atoms with van der Waals surface area (Å²) in [5.41, 5.74) is 6.19. The number of hydrogen-bond acceptors (Lipinski definition) is 2. The Labute approximate surface area is 162 Å². The van der Waals surface area contributed by atoms with Gasteiger partial charge in [0.1, 0.15) is 0 Å². The maximum atomic E-state index is 12.9. The molecule has 138 valence electrons. The lowest BCUT2D eigenvalue weighted by Crippen LogP contribution is -2.34. The van der Waals surface area contributed by atoms with Gasteiger partial charge in [-0.2, -0.15) is 0 Å². The van der Waals surface area contributed by atoms with E-state index in [9.17, 15) is 4.79 Å². The average molecular weight is 368 g/mol. The molecule has 3 aromatic heterocycles. The molecule has 0 bridgehead atoms. The van der Waals surface area contributed by atoms with Gasteiger partial charge in [-0.25, -0.2) is 0 Å². The van der Waals surface area contributed by atoms with Gasteiger partial charge < -0.3 is 14.5 Å². The Morgan fingerprint density at radius 3 is 2.61 bits per heavy atom. The van der Waals surface area contributed by atoms with Crippen LogP contribution in [0.5, 0.6) is 0 Å². The number of nitrogens with zero attached hydrogens (tertiary/aromatic N) is 3. The molecule has 0 fully saturated rings. The van der Waals surface area contributed by atoms with E-state index in [4.69, 9.17) is 0 Å². The quantitative estimate of drug-likeness (QED) is 0.587. The number of fused-ring (bicyclic) bond motifs is 1. The molecule has 1 aliphatic rings. The third-order valence-corrected chi connectivity index (χ3v) is 5.29. The van der Waals surface area contributed by atoms with Crippen LogP contribution in [0.1, 0.15) is 22.3 Å². The summed E-state index contributed by atoms with van der Waals surface area (Å²) in [4.78, 5) is 22.5. The van der Waals surface area contributed by atoms with E-state index >= 15 is 0 Å². The van der Waals surface area contributed by atoms with Crippen LogP contribution < -0.4 is 0 Å². The number of hydrogen-bond donors (Lipinski definition) is 1. The first-order chi connectivity index (χ1) is 13.8. The van der Waals surface area contributed by atoms with E-state index < -0.39 is 0 Å². The smallest absolute Gasteiger partial charge is 0.254 e. The van der Waals surface area contributed by atoms with Crippen molar-refractivity contribution in [2.24, 2.45) is 0 Å². The van der Waals surface area contributed by atoms with E-state index in [2.05, 4.69) is 16.0 Å². The maximum Gasteiger partial charge on any atom is 0.254 e. The van der Waals surface area contributed by atoms with Crippen molar-refractivity contribution in [2.75, 3.05) is 13.1 Å². The van der Waals surface area contributed by atoms with E-state index in [0.29, 0.717) is 13.1 Å². The second-order valence-corrected chi connectivity index (χ2v) is 6.97. The highest BCUT2D eigenvalue weighted by Crippen LogP contribution is 2.28. The lowest BCUT2D eigenvalue weighted by atomic mass is 10.0. The number of benzene rings is 1. The molecular weight excluding hydrogens is 348 g/mol. The lowest BCUT2D eigenvalue weighted by molar-refractivity contribution is 0.0773. The van der Waals surface area contributed by atoms with Crippen LogP contribution >= 0.6 is 0 Å². The number of aromatic nitrogens is 3. The fourth-order valence-corrected chi connectivity index (χ4v) is 3.76. The van der Waals surface area contributed by atoms with Crippen molar-refractivity contribution < 1.29 is 4.79 Å². The van der Waals surface area contributed by atoms with Crippen molar-refractivity contribution >= 4 is 22.5 Å². The molecule has 0 saturated carbocycles. The van der Waals surface area contributed by atoms with Gasteiger partial charge in [-0.1, -0.05) is 6.08 Å². The first-order valence-electron chi connectivity index (χ1n) is 9.44. The molecule has 1 aliphatic heterocycles. The molecule has 0 radical (unpaired) electrons. The Morgan fingerprint density at radius 2 is 1.86 bits per heavy atom. The summed E-state index contributed by atoms with van der Waals surface area (Å²) in [6.45, 7) is 1.33. The second-order valence-electron chi connectivity index (χ2n) is 6.97. The number of carbonyl (C=O) groups excluding carboxylic acids is 1. The highest BCUT2D eigenvalue weighted by Gasteiger charge is 2.20. The van der Waals surface area contributed by atoms with E-state index in [0.717, 1.165) is 34.3 Å². The average Bonchev–Trinajstić information content (AvgIpc) is 3.44. The van der Waals surface area contributed by atoms with Gasteiger partial charge in [-0.05, 0) is 60.5 Å².